The van der Waals surface area contributed by atoms with E-state index in [2.05, 4.69) is 32.3 Å². The van der Waals surface area contributed by atoms with E-state index in [4.69, 9.17) is 0 Å². The fraction of sp³-hybridized carbons (Fsp3) is 0.208. The van der Waals surface area contributed by atoms with Crippen LogP contribution in [-0.2, 0) is 4.79 Å². The highest BCUT2D eigenvalue weighted by molar-refractivity contribution is 6.06. The molecular weight excluding hydrogens is 461 g/mol. The van der Waals surface area contributed by atoms with Gasteiger partial charge in [0.05, 0.1) is 0 Å². The zero-order valence-corrected chi connectivity index (χ0v) is 19.5. The Morgan fingerprint density at radius 1 is 1.17 bits per heavy atom. The Morgan fingerprint density at radius 2 is 1.89 bits per heavy atom. The van der Waals surface area contributed by atoms with E-state index >= 15 is 0 Å². The molecule has 1 amide bonds. The van der Waals surface area contributed by atoms with Crippen LogP contribution in [0.25, 0.3) is 22.2 Å². The fourth-order valence-electron chi connectivity index (χ4n) is 3.36. The Bertz CT molecular complexity index is 1380. The SMILES string of the molecule is C=[N+]([O-])/C(=C\C(=C/C)C(=O)Nc1ccc(C)c(-c2cc3cnc(NC)nc3nc2C)c1)C(F)(F)F. The van der Waals surface area contributed by atoms with Crippen molar-refractivity contribution >= 4 is 35.3 Å². The minimum Gasteiger partial charge on any atom is -0.619 e. The smallest absolute Gasteiger partial charge is 0.478 e. The lowest BCUT2D eigenvalue weighted by Gasteiger charge is -2.14. The van der Waals surface area contributed by atoms with Crippen molar-refractivity contribution in [1.82, 2.24) is 15.0 Å². The molecule has 0 radical (unpaired) electrons. The van der Waals surface area contributed by atoms with Gasteiger partial charge in [-0.1, -0.05) is 12.1 Å². The molecule has 0 fully saturated rings. The monoisotopic (exact) mass is 484 g/mol. The number of alkyl halides is 3. The van der Waals surface area contributed by atoms with Crippen molar-refractivity contribution in [3.8, 4) is 11.1 Å². The van der Waals surface area contributed by atoms with E-state index in [1.807, 2.05) is 19.9 Å². The minimum absolute atomic E-state index is 0.343. The van der Waals surface area contributed by atoms with E-state index in [1.165, 1.54) is 13.0 Å². The van der Waals surface area contributed by atoms with E-state index in [9.17, 15) is 23.2 Å². The maximum Gasteiger partial charge on any atom is 0.478 e. The van der Waals surface area contributed by atoms with Crippen LogP contribution in [0.3, 0.4) is 0 Å². The van der Waals surface area contributed by atoms with E-state index < -0.39 is 22.5 Å². The number of nitrogens with one attached hydrogen (secondary N) is 2. The fourth-order valence-corrected chi connectivity index (χ4v) is 3.36. The topological polar surface area (TPSA) is 106 Å². The average molecular weight is 484 g/mol. The van der Waals surface area contributed by atoms with E-state index in [1.54, 1.807) is 31.4 Å². The van der Waals surface area contributed by atoms with Gasteiger partial charge in [0.1, 0.15) is 6.72 Å². The van der Waals surface area contributed by atoms with Crippen molar-refractivity contribution in [3.63, 3.8) is 0 Å². The lowest BCUT2D eigenvalue weighted by molar-refractivity contribution is -0.430. The Labute approximate surface area is 199 Å². The highest BCUT2D eigenvalue weighted by Crippen LogP contribution is 2.31. The molecule has 2 aromatic heterocycles. The molecule has 3 aromatic rings. The summed E-state index contributed by atoms with van der Waals surface area (Å²) in [4.78, 5) is 25.8. The third kappa shape index (κ3) is 5.62. The quantitative estimate of drug-likeness (QED) is 0.129. The zero-order chi connectivity index (χ0) is 25.9. The number of anilines is 2. The largest absolute Gasteiger partial charge is 0.619 e. The summed E-state index contributed by atoms with van der Waals surface area (Å²) < 4.78 is 38.8. The van der Waals surface area contributed by atoms with Gasteiger partial charge in [-0.2, -0.15) is 22.9 Å². The first kappa shape index (κ1) is 25.3. The summed E-state index contributed by atoms with van der Waals surface area (Å²) in [7, 11) is 1.71. The molecule has 0 atom stereocenters. The summed E-state index contributed by atoms with van der Waals surface area (Å²) in [5, 5.41) is 17.4. The van der Waals surface area contributed by atoms with Crippen molar-refractivity contribution in [2.45, 2.75) is 26.9 Å². The normalized spacial score (nSPS) is 12.5. The highest BCUT2D eigenvalue weighted by atomic mass is 19.4. The molecule has 0 saturated carbocycles. The number of rotatable bonds is 6. The molecule has 2 heterocycles. The summed E-state index contributed by atoms with van der Waals surface area (Å²) in [6.07, 6.45) is -1.68. The average Bonchev–Trinajstić information content (AvgIpc) is 2.79. The number of halogens is 3. The van der Waals surface area contributed by atoms with Crippen molar-refractivity contribution in [1.29, 1.82) is 0 Å². The van der Waals surface area contributed by atoms with Gasteiger partial charge in [0.15, 0.2) is 5.65 Å². The summed E-state index contributed by atoms with van der Waals surface area (Å²) in [5.74, 6) is -0.369. The standard InChI is InChI=1S/C24H23F3N6O2/c1-6-15(10-20(33(5)35)24(25,26)27)22(34)31-17-8-7-13(2)18(11-17)19-9-16-12-29-23(28-4)32-21(16)30-14(19)3/h6-12H,5H2,1-4H3,(H,31,34)(H,28,29,30,32)/b15-6+,20-10-. The third-order valence-electron chi connectivity index (χ3n) is 5.19. The molecule has 3 rings (SSSR count). The number of carbonyl (C=O) groups is 1. The van der Waals surface area contributed by atoms with Crippen LogP contribution in [0, 0.1) is 19.1 Å². The van der Waals surface area contributed by atoms with Crippen molar-refractivity contribution in [3.05, 3.63) is 70.3 Å². The Balaban J connectivity index is 1.97. The van der Waals surface area contributed by atoms with E-state index in [0.717, 1.165) is 22.1 Å². The molecule has 11 heteroatoms. The first-order valence-corrected chi connectivity index (χ1v) is 10.4. The molecule has 0 aliphatic rings. The van der Waals surface area contributed by atoms with Gasteiger partial charge in [0.2, 0.25) is 5.95 Å². The van der Waals surface area contributed by atoms with Gasteiger partial charge in [-0.3, -0.25) is 4.79 Å². The first-order chi connectivity index (χ1) is 16.4. The molecule has 0 aliphatic heterocycles. The number of amides is 1. The summed E-state index contributed by atoms with van der Waals surface area (Å²) >= 11 is 0. The highest BCUT2D eigenvalue weighted by Gasteiger charge is 2.41. The van der Waals surface area contributed by atoms with Gasteiger partial charge in [-0.25, -0.2) is 9.97 Å². The van der Waals surface area contributed by atoms with Crippen LogP contribution in [0.5, 0.6) is 0 Å². The molecule has 0 bridgehead atoms. The van der Waals surface area contributed by atoms with Gasteiger partial charge in [-0.05, 0) is 50.1 Å². The molecule has 2 N–H and O–H groups in total. The predicted octanol–water partition coefficient (Wildman–Crippen LogP) is 4.89. The Morgan fingerprint density at radius 3 is 2.49 bits per heavy atom. The van der Waals surface area contributed by atoms with Gasteiger partial charge in [0, 0.05) is 47.2 Å². The van der Waals surface area contributed by atoms with Crippen LogP contribution in [0.1, 0.15) is 18.2 Å². The minimum atomic E-state index is -4.96. The maximum absolute atomic E-state index is 13.1. The number of hydrogen-bond acceptors (Lipinski definition) is 6. The molecule has 0 spiro atoms. The van der Waals surface area contributed by atoms with Crippen LogP contribution in [0.15, 0.2) is 53.9 Å². The number of allylic oxidation sites excluding steroid dienone is 2. The molecule has 0 aliphatic carbocycles. The number of carbonyl (C=O) groups excluding carboxylic acids is 1. The number of pyridine rings is 1. The number of hydrogen-bond donors (Lipinski definition) is 2. The summed E-state index contributed by atoms with van der Waals surface area (Å²) in [6, 6.07) is 7.00. The second-order valence-electron chi connectivity index (χ2n) is 7.61. The van der Waals surface area contributed by atoms with Crippen LogP contribution < -0.4 is 10.6 Å². The number of nitrogens with zero attached hydrogens (tertiary/aromatic N) is 4. The lowest BCUT2D eigenvalue weighted by atomic mass is 9.98. The third-order valence-corrected chi connectivity index (χ3v) is 5.19. The predicted molar refractivity (Wildman–Crippen MR) is 129 cm³/mol. The van der Waals surface area contributed by atoms with Crippen LogP contribution in [-0.4, -0.2) is 45.5 Å². The second kappa shape index (κ2) is 9.92. The number of aryl methyl sites for hydroxylation is 2. The van der Waals surface area contributed by atoms with E-state index in [0.29, 0.717) is 29.1 Å². The van der Waals surface area contributed by atoms with Gasteiger partial charge in [0.25, 0.3) is 11.6 Å². The number of aromatic nitrogens is 3. The van der Waals surface area contributed by atoms with Crippen LogP contribution >= 0.6 is 0 Å². The van der Waals surface area contributed by atoms with Gasteiger partial charge < -0.3 is 15.8 Å². The summed E-state index contributed by atoms with van der Waals surface area (Å²) in [6.45, 7) is 7.85. The van der Waals surface area contributed by atoms with Gasteiger partial charge in [-0.15, -0.1) is 0 Å². The van der Waals surface area contributed by atoms with Crippen LogP contribution in [0.4, 0.5) is 24.8 Å². The van der Waals surface area contributed by atoms with Crippen molar-refractivity contribution < 1.29 is 22.7 Å². The Kier molecular flexibility index (Phi) is 7.18. The van der Waals surface area contributed by atoms with E-state index in [-0.39, 0.29) is 5.57 Å². The van der Waals surface area contributed by atoms with Crippen molar-refractivity contribution in [2.24, 2.45) is 0 Å². The molecule has 0 saturated heterocycles. The molecule has 182 valence electrons. The van der Waals surface area contributed by atoms with Crippen LogP contribution in [0.2, 0.25) is 0 Å². The number of hydroxylamine groups is 1. The molecule has 8 nitrogen and oxygen atoms in total. The molecule has 35 heavy (non-hydrogen) atoms. The maximum atomic E-state index is 13.1. The number of fused-ring (bicyclic) bond motifs is 1. The van der Waals surface area contributed by atoms with Gasteiger partial charge >= 0.3 is 6.18 Å². The molecule has 1 aromatic carbocycles. The lowest BCUT2D eigenvalue weighted by Crippen LogP contribution is -2.22. The zero-order valence-electron chi connectivity index (χ0n) is 19.5. The van der Waals surface area contributed by atoms with Crippen molar-refractivity contribution in [2.75, 3.05) is 17.7 Å². The Hall–Kier alpha value is -4.28. The first-order valence-electron chi connectivity index (χ1n) is 10.4. The molecular formula is C24H23F3N6O2. The second-order valence-corrected chi connectivity index (χ2v) is 7.61. The molecule has 0 unspecified atom stereocenters. The summed E-state index contributed by atoms with van der Waals surface area (Å²) in [5.41, 5.74) is 2.09. The number of benzene rings is 1.